The van der Waals surface area contributed by atoms with Gasteiger partial charge in [-0.1, -0.05) is 29.5 Å². The molecule has 0 saturated carbocycles. The van der Waals surface area contributed by atoms with E-state index >= 15 is 0 Å². The molecule has 7 heteroatoms. The number of anilines is 1. The number of hydrogen-bond donors (Lipinski definition) is 2. The van der Waals surface area contributed by atoms with Gasteiger partial charge in [0.25, 0.3) is 0 Å². The fraction of sp³-hybridized carbons (Fsp3) is 0.294. The maximum absolute atomic E-state index is 12.1. The number of rotatable bonds is 5. The van der Waals surface area contributed by atoms with Crippen LogP contribution in [0.4, 0.5) is 5.69 Å². The lowest BCUT2D eigenvalue weighted by atomic mass is 10.1. The standard InChI is InChI=1S/C17H19N3O3S/c1-9-5-6-13(10(2)7-9)19-14(22)8-24-16-15(12(4)21)11(3)18-17(23)20-16/h5-7H,8H2,1-4H3,(H,19,22)(H,18,20,23). The second kappa shape index (κ2) is 7.44. The number of ketones is 1. The zero-order valence-electron chi connectivity index (χ0n) is 14.0. The van der Waals surface area contributed by atoms with Gasteiger partial charge in [0.15, 0.2) is 5.78 Å². The third-order valence-electron chi connectivity index (χ3n) is 3.43. The fourth-order valence-electron chi connectivity index (χ4n) is 2.35. The number of benzene rings is 1. The third kappa shape index (κ3) is 4.32. The van der Waals surface area contributed by atoms with Crippen LogP contribution in [0, 0.1) is 20.8 Å². The van der Waals surface area contributed by atoms with E-state index < -0.39 is 5.69 Å². The summed E-state index contributed by atoms with van der Waals surface area (Å²) in [6.45, 7) is 6.95. The van der Waals surface area contributed by atoms with E-state index in [9.17, 15) is 14.4 Å². The minimum atomic E-state index is -0.533. The van der Waals surface area contributed by atoms with Crippen molar-refractivity contribution in [2.45, 2.75) is 32.7 Å². The second-order valence-corrected chi connectivity index (χ2v) is 6.52. The summed E-state index contributed by atoms with van der Waals surface area (Å²) in [7, 11) is 0. The molecular weight excluding hydrogens is 326 g/mol. The predicted molar refractivity (Wildman–Crippen MR) is 94.9 cm³/mol. The lowest BCUT2D eigenvalue weighted by Crippen LogP contribution is -2.19. The van der Waals surface area contributed by atoms with Gasteiger partial charge in [0.05, 0.1) is 11.3 Å². The molecule has 1 aromatic carbocycles. The summed E-state index contributed by atoms with van der Waals surface area (Å²) in [5.74, 6) is -0.363. The van der Waals surface area contributed by atoms with Crippen LogP contribution in [0.5, 0.6) is 0 Å². The van der Waals surface area contributed by atoms with Gasteiger partial charge in [-0.15, -0.1) is 0 Å². The minimum absolute atomic E-state index is 0.0590. The highest BCUT2D eigenvalue weighted by Gasteiger charge is 2.16. The topological polar surface area (TPSA) is 91.9 Å². The summed E-state index contributed by atoms with van der Waals surface area (Å²) >= 11 is 1.08. The molecule has 0 bridgehead atoms. The van der Waals surface area contributed by atoms with Gasteiger partial charge in [-0.3, -0.25) is 9.59 Å². The second-order valence-electron chi connectivity index (χ2n) is 5.56. The molecule has 0 aliphatic carbocycles. The number of carbonyl (C=O) groups excluding carboxylic acids is 2. The normalized spacial score (nSPS) is 10.5. The molecule has 0 radical (unpaired) electrons. The van der Waals surface area contributed by atoms with Gasteiger partial charge in [-0.2, -0.15) is 4.98 Å². The number of thioether (sulfide) groups is 1. The van der Waals surface area contributed by atoms with E-state index in [1.165, 1.54) is 6.92 Å². The number of amides is 1. The van der Waals surface area contributed by atoms with Crippen LogP contribution in [-0.2, 0) is 4.79 Å². The van der Waals surface area contributed by atoms with Crippen LogP contribution in [-0.4, -0.2) is 27.4 Å². The first-order valence-electron chi connectivity index (χ1n) is 7.39. The number of hydrogen-bond acceptors (Lipinski definition) is 5. The Morgan fingerprint density at radius 1 is 1.25 bits per heavy atom. The minimum Gasteiger partial charge on any atom is -0.325 e. The largest absolute Gasteiger partial charge is 0.346 e. The van der Waals surface area contributed by atoms with Crippen LogP contribution in [0.1, 0.15) is 34.1 Å². The summed E-state index contributed by atoms with van der Waals surface area (Å²) in [6, 6.07) is 5.76. The third-order valence-corrected chi connectivity index (χ3v) is 4.41. The van der Waals surface area contributed by atoms with Gasteiger partial charge in [-0.25, -0.2) is 4.79 Å². The SMILES string of the molecule is CC(=O)c1c(SCC(=O)Nc2ccc(C)cc2C)nc(=O)[nH]c1C. The van der Waals surface area contributed by atoms with Crippen molar-refractivity contribution in [3.8, 4) is 0 Å². The monoisotopic (exact) mass is 345 g/mol. The van der Waals surface area contributed by atoms with E-state index in [1.807, 2.05) is 32.0 Å². The smallest absolute Gasteiger partial charge is 0.325 e. The maximum Gasteiger partial charge on any atom is 0.346 e. The van der Waals surface area contributed by atoms with Gasteiger partial charge in [0, 0.05) is 11.4 Å². The molecule has 1 aromatic heterocycles. The van der Waals surface area contributed by atoms with Gasteiger partial charge in [-0.05, 0) is 39.3 Å². The van der Waals surface area contributed by atoms with Crippen LogP contribution in [0.2, 0.25) is 0 Å². The molecule has 1 amide bonds. The fourth-order valence-corrected chi connectivity index (χ4v) is 3.28. The van der Waals surface area contributed by atoms with Crippen molar-refractivity contribution < 1.29 is 9.59 Å². The molecule has 126 valence electrons. The molecule has 0 aliphatic rings. The average molecular weight is 345 g/mol. The lowest BCUT2D eigenvalue weighted by Gasteiger charge is -2.10. The van der Waals surface area contributed by atoms with E-state index in [0.717, 1.165) is 28.6 Å². The highest BCUT2D eigenvalue weighted by Crippen LogP contribution is 2.22. The number of nitrogens with one attached hydrogen (secondary N) is 2. The number of aromatic amines is 1. The van der Waals surface area contributed by atoms with E-state index in [-0.39, 0.29) is 22.5 Å². The molecule has 0 fully saturated rings. The van der Waals surface area contributed by atoms with Gasteiger partial charge < -0.3 is 10.3 Å². The van der Waals surface area contributed by atoms with Crippen LogP contribution >= 0.6 is 11.8 Å². The van der Waals surface area contributed by atoms with Crippen molar-refractivity contribution in [3.63, 3.8) is 0 Å². The molecule has 0 spiro atoms. The Bertz CT molecular complexity index is 859. The lowest BCUT2D eigenvalue weighted by molar-refractivity contribution is -0.113. The van der Waals surface area contributed by atoms with Crippen molar-refractivity contribution >= 4 is 29.1 Å². The molecule has 0 saturated heterocycles. The first kappa shape index (κ1) is 17.9. The van der Waals surface area contributed by atoms with Gasteiger partial charge >= 0.3 is 5.69 Å². The molecule has 0 atom stereocenters. The Kier molecular flexibility index (Phi) is 5.56. The quantitative estimate of drug-likeness (QED) is 0.494. The number of H-pyrrole nitrogens is 1. The zero-order chi connectivity index (χ0) is 17.9. The van der Waals surface area contributed by atoms with Crippen LogP contribution in [0.25, 0.3) is 0 Å². The van der Waals surface area contributed by atoms with Crippen LogP contribution in [0.15, 0.2) is 28.0 Å². The van der Waals surface area contributed by atoms with Gasteiger partial charge in [0.2, 0.25) is 5.91 Å². The predicted octanol–water partition coefficient (Wildman–Crippen LogP) is 2.63. The number of carbonyl (C=O) groups is 2. The Morgan fingerprint density at radius 2 is 1.96 bits per heavy atom. The van der Waals surface area contributed by atoms with Crippen LogP contribution in [0.3, 0.4) is 0 Å². The molecule has 24 heavy (non-hydrogen) atoms. The average Bonchev–Trinajstić information content (AvgIpc) is 2.47. The summed E-state index contributed by atoms with van der Waals surface area (Å²) in [4.78, 5) is 41.7. The zero-order valence-corrected chi connectivity index (χ0v) is 14.8. The Labute approximate surface area is 144 Å². The van der Waals surface area contributed by atoms with E-state index in [1.54, 1.807) is 6.92 Å². The molecular formula is C17H19N3O3S. The molecule has 2 aromatic rings. The number of aromatic nitrogens is 2. The van der Waals surface area contributed by atoms with Crippen molar-refractivity contribution in [2.24, 2.45) is 0 Å². The summed E-state index contributed by atoms with van der Waals surface area (Å²) < 4.78 is 0. The Balaban J connectivity index is 2.12. The summed E-state index contributed by atoms with van der Waals surface area (Å²) in [6.07, 6.45) is 0. The Morgan fingerprint density at radius 3 is 2.58 bits per heavy atom. The molecule has 0 unspecified atom stereocenters. The van der Waals surface area contributed by atoms with Crippen molar-refractivity contribution in [3.05, 3.63) is 51.1 Å². The van der Waals surface area contributed by atoms with Crippen LogP contribution < -0.4 is 11.0 Å². The van der Waals surface area contributed by atoms with E-state index in [2.05, 4.69) is 15.3 Å². The highest BCUT2D eigenvalue weighted by atomic mass is 32.2. The van der Waals surface area contributed by atoms with Crippen molar-refractivity contribution in [2.75, 3.05) is 11.1 Å². The Hall–Kier alpha value is -2.41. The van der Waals surface area contributed by atoms with Gasteiger partial charge in [0.1, 0.15) is 5.03 Å². The molecule has 2 rings (SSSR count). The summed E-state index contributed by atoms with van der Waals surface area (Å²) in [5.41, 5.74) is 3.11. The van der Waals surface area contributed by atoms with Crippen molar-refractivity contribution in [1.29, 1.82) is 0 Å². The number of aryl methyl sites for hydroxylation is 3. The van der Waals surface area contributed by atoms with Crippen molar-refractivity contribution in [1.82, 2.24) is 9.97 Å². The van der Waals surface area contributed by atoms with E-state index in [4.69, 9.17) is 0 Å². The highest BCUT2D eigenvalue weighted by molar-refractivity contribution is 8.00. The van der Waals surface area contributed by atoms with E-state index in [0.29, 0.717) is 11.3 Å². The molecule has 6 nitrogen and oxygen atoms in total. The number of Topliss-reactive ketones (excluding diaryl/α,β-unsaturated/α-hetero) is 1. The molecule has 0 aliphatic heterocycles. The first-order valence-corrected chi connectivity index (χ1v) is 8.38. The molecule has 1 heterocycles. The molecule has 2 N–H and O–H groups in total. The summed E-state index contributed by atoms with van der Waals surface area (Å²) in [5, 5.41) is 3.10. The first-order chi connectivity index (χ1) is 11.3. The maximum atomic E-state index is 12.1. The number of nitrogens with zero attached hydrogens (tertiary/aromatic N) is 1.